The molecule has 0 amide bonds. The summed E-state index contributed by atoms with van der Waals surface area (Å²) in [6, 6.07) is 2.80. The van der Waals surface area contributed by atoms with Gasteiger partial charge in [0.05, 0.1) is 11.1 Å². The molecular weight excluding hydrogens is 406 g/mol. The number of halogens is 10. The number of hydrogen-bond acceptors (Lipinski definition) is 0. The van der Waals surface area contributed by atoms with Crippen molar-refractivity contribution in [2.45, 2.75) is 0 Å². The van der Waals surface area contributed by atoms with E-state index in [-0.39, 0.29) is 0 Å². The van der Waals surface area contributed by atoms with Crippen molar-refractivity contribution in [3.05, 3.63) is 82.4 Å². The van der Waals surface area contributed by atoms with E-state index in [4.69, 9.17) is 0 Å². The van der Waals surface area contributed by atoms with E-state index in [2.05, 4.69) is 0 Å². The van der Waals surface area contributed by atoms with Gasteiger partial charge >= 0.3 is 0 Å². The molecule has 0 aliphatic heterocycles. The van der Waals surface area contributed by atoms with Crippen LogP contribution in [0.25, 0.3) is 22.3 Å². The van der Waals surface area contributed by atoms with Gasteiger partial charge in [-0.3, -0.25) is 0 Å². The second-order valence-electron chi connectivity index (χ2n) is 5.47. The minimum atomic E-state index is -2.38. The standard InChI is InChI=1S/C18H4F10/c19-9-7(10(20)14(24)17(27)13(9)23)5-1-2-6(4-3-5)8-11(21)15(25)18(28)16(26)12(8)22/h1-4H. The molecule has 3 rings (SSSR count). The van der Waals surface area contributed by atoms with Crippen molar-refractivity contribution in [2.24, 2.45) is 0 Å². The number of rotatable bonds is 2. The topological polar surface area (TPSA) is 0 Å². The van der Waals surface area contributed by atoms with Gasteiger partial charge in [0, 0.05) is 0 Å². The van der Waals surface area contributed by atoms with Crippen LogP contribution in [0.4, 0.5) is 43.9 Å². The average Bonchev–Trinajstić information content (AvgIpc) is 2.69. The lowest BCUT2D eigenvalue weighted by molar-refractivity contribution is 0.381. The highest BCUT2D eigenvalue weighted by molar-refractivity contribution is 5.72. The van der Waals surface area contributed by atoms with Crippen LogP contribution >= 0.6 is 0 Å². The molecule has 28 heavy (non-hydrogen) atoms. The quantitative estimate of drug-likeness (QED) is 0.260. The van der Waals surface area contributed by atoms with Crippen LogP contribution < -0.4 is 0 Å². The van der Waals surface area contributed by atoms with E-state index in [1.165, 1.54) is 0 Å². The third kappa shape index (κ3) is 2.79. The van der Waals surface area contributed by atoms with Crippen LogP contribution in [-0.4, -0.2) is 0 Å². The summed E-state index contributed by atoms with van der Waals surface area (Å²) in [5.41, 5.74) is -3.80. The van der Waals surface area contributed by atoms with Crippen molar-refractivity contribution in [2.75, 3.05) is 0 Å². The van der Waals surface area contributed by atoms with Crippen molar-refractivity contribution in [3.8, 4) is 22.3 Å². The molecule has 0 aliphatic carbocycles. The van der Waals surface area contributed by atoms with E-state index in [1.54, 1.807) is 0 Å². The summed E-state index contributed by atoms with van der Waals surface area (Å²) in [5.74, 6) is -22.2. The van der Waals surface area contributed by atoms with Crippen LogP contribution in [0.1, 0.15) is 0 Å². The summed E-state index contributed by atoms with van der Waals surface area (Å²) >= 11 is 0. The van der Waals surface area contributed by atoms with Crippen molar-refractivity contribution in [1.29, 1.82) is 0 Å². The van der Waals surface area contributed by atoms with Gasteiger partial charge in [-0.15, -0.1) is 0 Å². The minimum absolute atomic E-state index is 0.583. The van der Waals surface area contributed by atoms with E-state index in [0.717, 1.165) is 0 Å². The Morgan fingerprint density at radius 1 is 0.286 bits per heavy atom. The van der Waals surface area contributed by atoms with E-state index in [0.29, 0.717) is 24.3 Å². The predicted molar refractivity (Wildman–Crippen MR) is 76.9 cm³/mol. The third-order valence-corrected chi connectivity index (χ3v) is 3.88. The lowest BCUT2D eigenvalue weighted by atomic mass is 9.98. The largest absolute Gasteiger partial charge is 0.203 e. The van der Waals surface area contributed by atoms with E-state index in [9.17, 15) is 43.9 Å². The number of hydrogen-bond donors (Lipinski definition) is 0. The molecule has 0 spiro atoms. The Bertz CT molecular complexity index is 956. The molecule has 3 aromatic carbocycles. The van der Waals surface area contributed by atoms with Crippen molar-refractivity contribution < 1.29 is 43.9 Å². The monoisotopic (exact) mass is 410 g/mol. The zero-order valence-electron chi connectivity index (χ0n) is 13.1. The van der Waals surface area contributed by atoms with Gasteiger partial charge in [-0.1, -0.05) is 24.3 Å². The SMILES string of the molecule is Fc1c(F)c(F)c(-c2ccc(-c3c(F)c(F)c(F)c(F)c3F)cc2)c(F)c1F. The normalized spacial score (nSPS) is 11.2. The molecule has 0 bridgehead atoms. The van der Waals surface area contributed by atoms with Crippen LogP contribution in [0.3, 0.4) is 0 Å². The highest BCUT2D eigenvalue weighted by Crippen LogP contribution is 2.35. The van der Waals surface area contributed by atoms with Crippen molar-refractivity contribution >= 4 is 0 Å². The third-order valence-electron chi connectivity index (χ3n) is 3.88. The van der Waals surface area contributed by atoms with Gasteiger partial charge in [0.25, 0.3) is 0 Å². The van der Waals surface area contributed by atoms with Gasteiger partial charge in [0.2, 0.25) is 11.6 Å². The van der Waals surface area contributed by atoms with Crippen LogP contribution in [0.5, 0.6) is 0 Å². The molecule has 0 nitrogen and oxygen atoms in total. The number of benzene rings is 3. The fourth-order valence-corrected chi connectivity index (χ4v) is 2.52. The summed E-state index contributed by atoms with van der Waals surface area (Å²) in [6.07, 6.45) is 0. The maximum absolute atomic E-state index is 13.8. The van der Waals surface area contributed by atoms with Crippen molar-refractivity contribution in [1.82, 2.24) is 0 Å². The fourth-order valence-electron chi connectivity index (χ4n) is 2.52. The van der Waals surface area contributed by atoms with Gasteiger partial charge in [-0.05, 0) is 11.1 Å². The Labute approximate surface area is 149 Å². The van der Waals surface area contributed by atoms with Crippen LogP contribution in [-0.2, 0) is 0 Å². The molecule has 0 atom stereocenters. The summed E-state index contributed by atoms with van der Waals surface area (Å²) in [6.45, 7) is 0. The van der Waals surface area contributed by atoms with Gasteiger partial charge in [0.1, 0.15) is 0 Å². The lowest BCUT2D eigenvalue weighted by Gasteiger charge is -2.11. The Kier molecular flexibility index (Phi) is 4.82. The van der Waals surface area contributed by atoms with Crippen molar-refractivity contribution in [3.63, 3.8) is 0 Å². The molecule has 0 aliphatic rings. The van der Waals surface area contributed by atoms with Gasteiger partial charge in [0.15, 0.2) is 46.5 Å². The van der Waals surface area contributed by atoms with Gasteiger partial charge < -0.3 is 0 Å². The highest BCUT2D eigenvalue weighted by Gasteiger charge is 2.28. The summed E-state index contributed by atoms with van der Waals surface area (Å²) in [5, 5.41) is 0. The molecule has 0 unspecified atom stereocenters. The Morgan fingerprint density at radius 3 is 0.679 bits per heavy atom. The molecule has 10 heteroatoms. The Hall–Kier alpha value is -3.04. The van der Waals surface area contributed by atoms with Gasteiger partial charge in [-0.25, -0.2) is 43.9 Å². The van der Waals surface area contributed by atoms with E-state index in [1.807, 2.05) is 0 Å². The molecule has 0 heterocycles. The summed E-state index contributed by atoms with van der Waals surface area (Å²) < 4.78 is 135. The first-order chi connectivity index (χ1) is 13.1. The molecule has 0 aromatic heterocycles. The first kappa shape index (κ1) is 19.7. The molecule has 0 saturated carbocycles. The van der Waals surface area contributed by atoms with E-state index < -0.39 is 80.4 Å². The molecule has 0 saturated heterocycles. The zero-order valence-corrected chi connectivity index (χ0v) is 13.1. The smallest absolute Gasteiger partial charge is 0.200 e. The fraction of sp³-hybridized carbons (Fsp3) is 0. The first-order valence-electron chi connectivity index (χ1n) is 7.21. The Balaban J connectivity index is 2.18. The van der Waals surface area contributed by atoms with Gasteiger partial charge in [-0.2, -0.15) is 0 Å². The molecule has 0 radical (unpaired) electrons. The summed E-state index contributed by atoms with van der Waals surface area (Å²) in [7, 11) is 0. The second kappa shape index (κ2) is 6.84. The maximum Gasteiger partial charge on any atom is 0.200 e. The summed E-state index contributed by atoms with van der Waals surface area (Å²) in [4.78, 5) is 0. The molecular formula is C18H4F10. The predicted octanol–water partition coefficient (Wildman–Crippen LogP) is 6.41. The lowest BCUT2D eigenvalue weighted by Crippen LogP contribution is -2.05. The molecule has 0 fully saturated rings. The molecule has 0 N–H and O–H groups in total. The first-order valence-corrected chi connectivity index (χ1v) is 7.21. The van der Waals surface area contributed by atoms with E-state index >= 15 is 0 Å². The van der Waals surface area contributed by atoms with Crippen LogP contribution in [0, 0.1) is 58.2 Å². The zero-order chi connectivity index (χ0) is 20.9. The molecule has 3 aromatic rings. The maximum atomic E-state index is 13.8. The molecule has 146 valence electrons. The average molecular weight is 410 g/mol. The van der Waals surface area contributed by atoms with Crippen LogP contribution in [0.2, 0.25) is 0 Å². The minimum Gasteiger partial charge on any atom is -0.203 e. The van der Waals surface area contributed by atoms with Crippen LogP contribution in [0.15, 0.2) is 24.3 Å². The second-order valence-corrected chi connectivity index (χ2v) is 5.47. The Morgan fingerprint density at radius 2 is 0.464 bits per heavy atom. The highest BCUT2D eigenvalue weighted by atomic mass is 19.2.